The Kier molecular flexibility index (Phi) is 5.56. The standard InChI is InChI=1S/C23H31N5O2/c1-6-28-15(2)17(10-24-28)11-27-13-21(22(14-27)25-16(3)29)20-12-26(4)23-8-7-18(30-5)9-19(20)23/h7-10,12,21-22H,6,11,13-14H2,1-5H3,(H,25,29)/t21-,22+/m1/s1. The minimum atomic E-state index is 0.0136. The normalized spacial score (nSPS) is 19.5. The van der Waals surface area contributed by atoms with Gasteiger partial charge in [-0.05, 0) is 37.6 Å². The van der Waals surface area contributed by atoms with E-state index in [0.29, 0.717) is 0 Å². The number of benzene rings is 1. The number of nitrogens with zero attached hydrogens (tertiary/aromatic N) is 4. The molecule has 1 aromatic carbocycles. The highest BCUT2D eigenvalue weighted by Crippen LogP contribution is 2.36. The van der Waals surface area contributed by atoms with E-state index in [9.17, 15) is 4.79 Å². The van der Waals surface area contributed by atoms with Crippen LogP contribution in [0.25, 0.3) is 10.9 Å². The molecule has 1 fully saturated rings. The van der Waals surface area contributed by atoms with Crippen LogP contribution in [0.2, 0.25) is 0 Å². The third-order valence-corrected chi connectivity index (χ3v) is 6.31. The number of hydrogen-bond acceptors (Lipinski definition) is 4. The molecule has 2 aromatic heterocycles. The first-order chi connectivity index (χ1) is 14.4. The summed E-state index contributed by atoms with van der Waals surface area (Å²) in [6.07, 6.45) is 4.18. The van der Waals surface area contributed by atoms with Crippen LogP contribution >= 0.6 is 0 Å². The fourth-order valence-electron chi connectivity index (χ4n) is 4.76. The topological polar surface area (TPSA) is 64.3 Å². The molecule has 1 aliphatic rings. The molecule has 7 nitrogen and oxygen atoms in total. The number of methoxy groups -OCH3 is 1. The second kappa shape index (κ2) is 8.14. The lowest BCUT2D eigenvalue weighted by molar-refractivity contribution is -0.119. The first kappa shape index (κ1) is 20.5. The molecule has 160 valence electrons. The van der Waals surface area contributed by atoms with E-state index in [1.807, 2.05) is 16.9 Å². The van der Waals surface area contributed by atoms with Crippen molar-refractivity contribution in [2.75, 3.05) is 20.2 Å². The molecule has 4 rings (SSSR count). The molecular formula is C23H31N5O2. The van der Waals surface area contributed by atoms with Crippen molar-refractivity contribution in [3.05, 3.63) is 47.4 Å². The van der Waals surface area contributed by atoms with Gasteiger partial charge in [0.2, 0.25) is 5.91 Å². The van der Waals surface area contributed by atoms with Crippen LogP contribution in [0.1, 0.15) is 36.6 Å². The zero-order chi connectivity index (χ0) is 21.4. The van der Waals surface area contributed by atoms with E-state index in [4.69, 9.17) is 4.74 Å². The van der Waals surface area contributed by atoms with Gasteiger partial charge in [0.25, 0.3) is 0 Å². The van der Waals surface area contributed by atoms with Gasteiger partial charge >= 0.3 is 0 Å². The quantitative estimate of drug-likeness (QED) is 0.680. The molecule has 3 aromatic rings. The van der Waals surface area contributed by atoms with Gasteiger partial charge in [0.05, 0.1) is 13.3 Å². The number of carbonyl (C=O) groups excluding carboxylic acids is 1. The maximum absolute atomic E-state index is 11.9. The van der Waals surface area contributed by atoms with Crippen molar-refractivity contribution < 1.29 is 9.53 Å². The first-order valence-electron chi connectivity index (χ1n) is 10.5. The molecule has 1 saturated heterocycles. The number of ether oxygens (including phenoxy) is 1. The molecular weight excluding hydrogens is 378 g/mol. The van der Waals surface area contributed by atoms with Gasteiger partial charge in [0.1, 0.15) is 5.75 Å². The monoisotopic (exact) mass is 409 g/mol. The second-order valence-corrected chi connectivity index (χ2v) is 8.26. The van der Waals surface area contributed by atoms with Gasteiger partial charge < -0.3 is 14.6 Å². The van der Waals surface area contributed by atoms with E-state index in [1.54, 1.807) is 14.0 Å². The Balaban J connectivity index is 1.66. The number of rotatable bonds is 6. The summed E-state index contributed by atoms with van der Waals surface area (Å²) in [5.41, 5.74) is 4.89. The summed E-state index contributed by atoms with van der Waals surface area (Å²) < 4.78 is 9.66. The molecule has 2 atom stereocenters. The van der Waals surface area contributed by atoms with Crippen LogP contribution < -0.4 is 10.1 Å². The van der Waals surface area contributed by atoms with Gasteiger partial charge in [0, 0.05) is 80.5 Å². The van der Waals surface area contributed by atoms with Gasteiger partial charge in [-0.1, -0.05) is 0 Å². The molecule has 0 unspecified atom stereocenters. The molecule has 0 radical (unpaired) electrons. The Morgan fingerprint density at radius 1 is 1.33 bits per heavy atom. The SMILES string of the molecule is CCn1ncc(CN2C[C@H](NC(C)=O)[C@@H](c3cn(C)c4ccc(OC)cc34)C2)c1C. The summed E-state index contributed by atoms with van der Waals surface area (Å²) in [6, 6.07) is 6.27. The predicted octanol–water partition coefficient (Wildman–Crippen LogP) is 2.82. The molecule has 3 heterocycles. The maximum atomic E-state index is 11.9. The molecule has 0 aliphatic carbocycles. The zero-order valence-electron chi connectivity index (χ0n) is 18.5. The highest BCUT2D eigenvalue weighted by Gasteiger charge is 2.36. The number of nitrogens with one attached hydrogen (secondary N) is 1. The van der Waals surface area contributed by atoms with Crippen LogP contribution in [0.4, 0.5) is 0 Å². The molecule has 0 saturated carbocycles. The van der Waals surface area contributed by atoms with Gasteiger partial charge in [0.15, 0.2) is 0 Å². The number of aromatic nitrogens is 3. The largest absolute Gasteiger partial charge is 0.497 e. The Morgan fingerprint density at radius 3 is 2.80 bits per heavy atom. The highest BCUT2D eigenvalue weighted by molar-refractivity contribution is 5.86. The third-order valence-electron chi connectivity index (χ3n) is 6.31. The maximum Gasteiger partial charge on any atom is 0.217 e. The Hall–Kier alpha value is -2.80. The van der Waals surface area contributed by atoms with Gasteiger partial charge in [-0.2, -0.15) is 5.10 Å². The van der Waals surface area contributed by atoms with E-state index in [0.717, 1.165) is 31.9 Å². The molecule has 1 amide bonds. The first-order valence-corrected chi connectivity index (χ1v) is 10.5. The average molecular weight is 410 g/mol. The molecule has 7 heteroatoms. The fourth-order valence-corrected chi connectivity index (χ4v) is 4.76. The predicted molar refractivity (Wildman–Crippen MR) is 118 cm³/mol. The number of aryl methyl sites for hydroxylation is 2. The van der Waals surface area contributed by atoms with E-state index in [1.165, 1.54) is 27.7 Å². The van der Waals surface area contributed by atoms with E-state index >= 15 is 0 Å². The van der Waals surface area contributed by atoms with Crippen LogP contribution in [0, 0.1) is 6.92 Å². The molecule has 1 N–H and O–H groups in total. The summed E-state index contributed by atoms with van der Waals surface area (Å²) in [6.45, 7) is 9.26. The smallest absolute Gasteiger partial charge is 0.217 e. The van der Waals surface area contributed by atoms with E-state index < -0.39 is 0 Å². The summed E-state index contributed by atoms with van der Waals surface area (Å²) in [5.74, 6) is 1.08. The lowest BCUT2D eigenvalue weighted by Gasteiger charge is -2.19. The van der Waals surface area contributed by atoms with Gasteiger partial charge in [-0.3, -0.25) is 14.4 Å². The zero-order valence-corrected chi connectivity index (χ0v) is 18.5. The highest BCUT2D eigenvalue weighted by atomic mass is 16.5. The van der Waals surface area contributed by atoms with Crippen molar-refractivity contribution in [3.8, 4) is 5.75 Å². The summed E-state index contributed by atoms with van der Waals surface area (Å²) in [7, 11) is 3.76. The van der Waals surface area contributed by atoms with Crippen molar-refractivity contribution >= 4 is 16.8 Å². The van der Waals surface area contributed by atoms with Crippen molar-refractivity contribution in [2.24, 2.45) is 7.05 Å². The van der Waals surface area contributed by atoms with Crippen molar-refractivity contribution in [1.82, 2.24) is 24.6 Å². The van der Waals surface area contributed by atoms with Crippen LogP contribution in [0.5, 0.6) is 5.75 Å². The molecule has 30 heavy (non-hydrogen) atoms. The third kappa shape index (κ3) is 3.69. The van der Waals surface area contributed by atoms with Crippen LogP contribution in [-0.2, 0) is 24.9 Å². The summed E-state index contributed by atoms with van der Waals surface area (Å²) >= 11 is 0. The van der Waals surface area contributed by atoms with Crippen molar-refractivity contribution in [3.63, 3.8) is 0 Å². The molecule has 1 aliphatic heterocycles. The van der Waals surface area contributed by atoms with Gasteiger partial charge in [-0.15, -0.1) is 0 Å². The summed E-state index contributed by atoms with van der Waals surface area (Å²) in [4.78, 5) is 14.4. The molecule has 0 bridgehead atoms. The Morgan fingerprint density at radius 2 is 2.13 bits per heavy atom. The Bertz CT molecular complexity index is 1070. The van der Waals surface area contributed by atoms with E-state index in [2.05, 4.69) is 59.1 Å². The minimum absolute atomic E-state index is 0.0136. The number of carbonyl (C=O) groups is 1. The number of hydrogen-bond donors (Lipinski definition) is 1. The lowest BCUT2D eigenvalue weighted by Crippen LogP contribution is -2.38. The van der Waals surface area contributed by atoms with Crippen molar-refractivity contribution in [1.29, 1.82) is 0 Å². The van der Waals surface area contributed by atoms with Crippen LogP contribution in [0.3, 0.4) is 0 Å². The number of amides is 1. The second-order valence-electron chi connectivity index (χ2n) is 8.26. The number of likely N-dealkylation sites (tertiary alicyclic amines) is 1. The minimum Gasteiger partial charge on any atom is -0.497 e. The number of fused-ring (bicyclic) bond motifs is 1. The van der Waals surface area contributed by atoms with Crippen molar-refractivity contribution in [2.45, 2.75) is 45.8 Å². The van der Waals surface area contributed by atoms with Gasteiger partial charge in [-0.25, -0.2) is 0 Å². The fraction of sp³-hybridized carbons (Fsp3) is 0.478. The Labute approximate surface area is 177 Å². The van der Waals surface area contributed by atoms with Crippen LogP contribution in [-0.4, -0.2) is 51.4 Å². The summed E-state index contributed by atoms with van der Waals surface area (Å²) in [5, 5.41) is 8.87. The molecule has 0 spiro atoms. The van der Waals surface area contributed by atoms with E-state index in [-0.39, 0.29) is 17.9 Å². The average Bonchev–Trinajstić information content (AvgIpc) is 3.37. The lowest BCUT2D eigenvalue weighted by atomic mass is 9.93. The van der Waals surface area contributed by atoms with Crippen LogP contribution in [0.15, 0.2) is 30.6 Å².